The highest BCUT2D eigenvalue weighted by atomic mass is 16.7. The minimum atomic E-state index is -0.516. The summed E-state index contributed by atoms with van der Waals surface area (Å²) in [6, 6.07) is 0. The van der Waals surface area contributed by atoms with Gasteiger partial charge < -0.3 is 10.2 Å². The van der Waals surface area contributed by atoms with Gasteiger partial charge >= 0.3 is 6.09 Å². The number of carbonyl (C=O) groups is 1. The summed E-state index contributed by atoms with van der Waals surface area (Å²) in [5.41, 5.74) is 0. The number of amides is 1. The van der Waals surface area contributed by atoms with E-state index in [0.717, 1.165) is 0 Å². The number of hydrogen-bond acceptors (Lipinski definition) is 3. The van der Waals surface area contributed by atoms with E-state index >= 15 is 0 Å². The maximum Gasteiger partial charge on any atom is 0.431 e. The molecule has 1 heterocycles. The summed E-state index contributed by atoms with van der Waals surface area (Å²) >= 11 is 0. The molecule has 1 N–H and O–H groups in total. The first-order valence-electron chi connectivity index (χ1n) is 2.71. The average Bonchev–Trinajstić information content (AvgIpc) is 2.40. The Hall–Kier alpha value is -1.52. The van der Waals surface area contributed by atoms with Crippen molar-refractivity contribution in [3.63, 3.8) is 0 Å². The number of carbonyl (C=O) groups excluding carboxylic acids is 1. The van der Waals surface area contributed by atoms with Crippen molar-refractivity contribution >= 4 is 6.09 Å². The van der Waals surface area contributed by atoms with Gasteiger partial charge in [-0.2, -0.15) is 4.73 Å². The fraction of sp³-hybridized carbons (Fsp3) is 0.200. The second-order valence-electron chi connectivity index (χ2n) is 1.55. The summed E-state index contributed by atoms with van der Waals surface area (Å²) in [5, 5.41) is 2.29. The van der Waals surface area contributed by atoms with Crippen LogP contribution in [0.5, 0.6) is 0 Å². The van der Waals surface area contributed by atoms with Crippen molar-refractivity contribution in [1.29, 1.82) is 0 Å². The molecule has 0 aliphatic rings. The molecule has 0 fully saturated rings. The van der Waals surface area contributed by atoms with Crippen molar-refractivity contribution in [2.45, 2.75) is 0 Å². The molecule has 0 aliphatic carbocycles. The molecular formula is C5H7N3O2. The van der Waals surface area contributed by atoms with Crippen LogP contribution >= 0.6 is 0 Å². The van der Waals surface area contributed by atoms with Crippen molar-refractivity contribution in [3.05, 3.63) is 18.7 Å². The molecule has 1 aromatic rings. The van der Waals surface area contributed by atoms with Gasteiger partial charge in [0.05, 0.1) is 6.20 Å². The van der Waals surface area contributed by atoms with E-state index in [1.54, 1.807) is 0 Å². The van der Waals surface area contributed by atoms with E-state index in [1.165, 1.54) is 30.5 Å². The van der Waals surface area contributed by atoms with Crippen LogP contribution < -0.4 is 10.2 Å². The lowest BCUT2D eigenvalue weighted by atomic mass is 11.0. The van der Waals surface area contributed by atoms with Gasteiger partial charge in [-0.05, 0) is 0 Å². The lowest BCUT2D eigenvalue weighted by Gasteiger charge is -1.99. The largest absolute Gasteiger partial charge is 0.431 e. The maximum atomic E-state index is 10.5. The Morgan fingerprint density at radius 2 is 2.60 bits per heavy atom. The molecule has 0 spiro atoms. The Labute approximate surface area is 57.6 Å². The van der Waals surface area contributed by atoms with E-state index in [0.29, 0.717) is 0 Å². The van der Waals surface area contributed by atoms with Gasteiger partial charge in [0.1, 0.15) is 6.33 Å². The standard InChI is InChI=1S/C5H7N3O2/c1-6-5(9)10-8-3-2-7-4-8/h2-4H,1H3,(H,6,9). The zero-order valence-electron chi connectivity index (χ0n) is 5.44. The van der Waals surface area contributed by atoms with E-state index in [1.807, 2.05) is 0 Å². The highest BCUT2D eigenvalue weighted by molar-refractivity contribution is 5.66. The van der Waals surface area contributed by atoms with Crippen LogP contribution in [-0.2, 0) is 0 Å². The molecule has 0 atom stereocenters. The maximum absolute atomic E-state index is 10.5. The monoisotopic (exact) mass is 141 g/mol. The molecule has 0 bridgehead atoms. The third-order valence-corrected chi connectivity index (χ3v) is 0.873. The van der Waals surface area contributed by atoms with Crippen LogP contribution in [0, 0.1) is 0 Å². The van der Waals surface area contributed by atoms with Gasteiger partial charge in [-0.15, -0.1) is 0 Å². The summed E-state index contributed by atoms with van der Waals surface area (Å²) in [4.78, 5) is 18.8. The molecule has 54 valence electrons. The number of imidazole rings is 1. The number of nitrogens with one attached hydrogen (secondary N) is 1. The smallest absolute Gasteiger partial charge is 0.323 e. The third-order valence-electron chi connectivity index (χ3n) is 0.873. The predicted molar refractivity (Wildman–Crippen MR) is 33.3 cm³/mol. The number of aromatic nitrogens is 2. The Balaban J connectivity index is 2.48. The highest BCUT2D eigenvalue weighted by Crippen LogP contribution is 1.79. The molecule has 1 amide bonds. The van der Waals surface area contributed by atoms with E-state index in [4.69, 9.17) is 0 Å². The third kappa shape index (κ3) is 1.48. The summed E-state index contributed by atoms with van der Waals surface area (Å²) in [5.74, 6) is 0. The Kier molecular flexibility index (Phi) is 1.89. The van der Waals surface area contributed by atoms with Crippen LogP contribution in [0.4, 0.5) is 4.79 Å². The molecular weight excluding hydrogens is 134 g/mol. The van der Waals surface area contributed by atoms with Crippen LogP contribution in [-0.4, -0.2) is 22.9 Å². The lowest BCUT2D eigenvalue weighted by Crippen LogP contribution is -2.28. The molecule has 0 unspecified atom stereocenters. The Morgan fingerprint density at radius 1 is 1.80 bits per heavy atom. The molecule has 0 saturated heterocycles. The zero-order valence-corrected chi connectivity index (χ0v) is 5.44. The van der Waals surface area contributed by atoms with Gasteiger partial charge in [0.15, 0.2) is 0 Å². The first-order valence-corrected chi connectivity index (χ1v) is 2.71. The van der Waals surface area contributed by atoms with Gasteiger partial charge in [-0.1, -0.05) is 0 Å². The molecule has 0 aromatic carbocycles. The second kappa shape index (κ2) is 2.86. The van der Waals surface area contributed by atoms with Crippen molar-refractivity contribution in [2.75, 3.05) is 7.05 Å². The van der Waals surface area contributed by atoms with Crippen LogP contribution in [0.1, 0.15) is 0 Å². The molecule has 0 aliphatic heterocycles. The fourth-order valence-electron chi connectivity index (χ4n) is 0.442. The lowest BCUT2D eigenvalue weighted by molar-refractivity contribution is 0.135. The highest BCUT2D eigenvalue weighted by Gasteiger charge is 1.96. The molecule has 0 saturated carbocycles. The zero-order chi connectivity index (χ0) is 7.40. The number of hydrogen-bond donors (Lipinski definition) is 1. The molecule has 0 radical (unpaired) electrons. The predicted octanol–water partition coefficient (Wildman–Crippen LogP) is -0.349. The summed E-state index contributed by atoms with van der Waals surface area (Å²) in [6.07, 6.45) is 3.91. The van der Waals surface area contributed by atoms with Crippen molar-refractivity contribution in [1.82, 2.24) is 15.0 Å². The van der Waals surface area contributed by atoms with Gasteiger partial charge in [0.2, 0.25) is 0 Å². The van der Waals surface area contributed by atoms with Gasteiger partial charge in [-0.3, -0.25) is 0 Å². The second-order valence-corrected chi connectivity index (χ2v) is 1.55. The molecule has 1 rings (SSSR count). The molecule has 1 aromatic heterocycles. The quantitative estimate of drug-likeness (QED) is 0.581. The minimum absolute atomic E-state index is 0.516. The van der Waals surface area contributed by atoms with E-state index in [9.17, 15) is 4.79 Å². The normalized spacial score (nSPS) is 8.90. The van der Waals surface area contributed by atoms with Crippen molar-refractivity contribution < 1.29 is 9.63 Å². The molecule has 5 heteroatoms. The van der Waals surface area contributed by atoms with Crippen LogP contribution in [0.3, 0.4) is 0 Å². The Morgan fingerprint density at radius 3 is 3.10 bits per heavy atom. The topological polar surface area (TPSA) is 56.1 Å². The van der Waals surface area contributed by atoms with E-state index in [-0.39, 0.29) is 0 Å². The Bertz CT molecular complexity index is 207. The summed E-state index contributed by atoms with van der Waals surface area (Å²) in [6.45, 7) is 0. The number of nitrogens with zero attached hydrogens (tertiary/aromatic N) is 2. The van der Waals surface area contributed by atoms with Crippen LogP contribution in [0.25, 0.3) is 0 Å². The van der Waals surface area contributed by atoms with E-state index < -0.39 is 6.09 Å². The molecule has 10 heavy (non-hydrogen) atoms. The average molecular weight is 141 g/mol. The van der Waals surface area contributed by atoms with Crippen molar-refractivity contribution in [3.8, 4) is 0 Å². The summed E-state index contributed by atoms with van der Waals surface area (Å²) < 4.78 is 1.21. The summed E-state index contributed by atoms with van der Waals surface area (Å²) in [7, 11) is 1.49. The van der Waals surface area contributed by atoms with Gasteiger partial charge in [-0.25, -0.2) is 9.78 Å². The first-order chi connectivity index (χ1) is 4.83. The van der Waals surface area contributed by atoms with Gasteiger partial charge in [0, 0.05) is 13.2 Å². The van der Waals surface area contributed by atoms with E-state index in [2.05, 4.69) is 15.1 Å². The van der Waals surface area contributed by atoms with Crippen LogP contribution in [0.15, 0.2) is 18.7 Å². The SMILES string of the molecule is CNC(=O)On1ccnc1. The van der Waals surface area contributed by atoms with Gasteiger partial charge in [0.25, 0.3) is 0 Å². The fourth-order valence-corrected chi connectivity index (χ4v) is 0.442. The van der Waals surface area contributed by atoms with Crippen LogP contribution in [0.2, 0.25) is 0 Å². The number of rotatable bonds is 1. The minimum Gasteiger partial charge on any atom is -0.323 e. The molecule has 5 nitrogen and oxygen atoms in total. The first kappa shape index (κ1) is 6.60. The van der Waals surface area contributed by atoms with Crippen molar-refractivity contribution in [2.24, 2.45) is 0 Å².